The normalized spacial score (nSPS) is 14.6. The fourth-order valence-electron chi connectivity index (χ4n) is 3.76. The first kappa shape index (κ1) is 20.3. The van der Waals surface area contributed by atoms with Crippen molar-refractivity contribution >= 4 is 5.95 Å². The summed E-state index contributed by atoms with van der Waals surface area (Å²) in [5.74, 6) is 2.03. The Balaban J connectivity index is 1.50. The second-order valence-electron chi connectivity index (χ2n) is 7.73. The number of nitrogens with one attached hydrogen (secondary N) is 1. The standard InChI is InChI=1S/C22H29N7O/c1-4-16-10-11-23-22(28-16)25-13-19-18(12-26-29(19)3)21-24-14-20(15(2)27-21)30-17-8-6-5-7-9-17/h10-12,14,17H,4-9,13H2,1-3H3,(H,23,25,28). The van der Waals surface area contributed by atoms with Crippen molar-refractivity contribution in [1.29, 1.82) is 0 Å². The number of hydrogen-bond acceptors (Lipinski definition) is 7. The Bertz CT molecular complexity index is 995. The number of nitrogens with zero attached hydrogens (tertiary/aromatic N) is 6. The number of aryl methyl sites for hydroxylation is 3. The van der Waals surface area contributed by atoms with E-state index < -0.39 is 0 Å². The lowest BCUT2D eigenvalue weighted by molar-refractivity contribution is 0.152. The van der Waals surface area contributed by atoms with Gasteiger partial charge in [-0.05, 0) is 45.1 Å². The Labute approximate surface area is 177 Å². The molecule has 1 saturated carbocycles. The lowest BCUT2D eigenvalue weighted by Crippen LogP contribution is -2.20. The molecule has 0 amide bonds. The van der Waals surface area contributed by atoms with Gasteiger partial charge >= 0.3 is 0 Å². The first-order chi connectivity index (χ1) is 14.6. The smallest absolute Gasteiger partial charge is 0.223 e. The van der Waals surface area contributed by atoms with E-state index in [-0.39, 0.29) is 6.10 Å². The van der Waals surface area contributed by atoms with Gasteiger partial charge in [-0.1, -0.05) is 13.3 Å². The van der Waals surface area contributed by atoms with Gasteiger partial charge in [-0.2, -0.15) is 5.10 Å². The van der Waals surface area contributed by atoms with Crippen molar-refractivity contribution in [2.75, 3.05) is 5.32 Å². The van der Waals surface area contributed by atoms with Crippen molar-refractivity contribution < 1.29 is 4.74 Å². The molecular formula is C22H29N7O. The summed E-state index contributed by atoms with van der Waals surface area (Å²) in [7, 11) is 1.91. The summed E-state index contributed by atoms with van der Waals surface area (Å²) in [4.78, 5) is 18.1. The van der Waals surface area contributed by atoms with Gasteiger partial charge in [-0.3, -0.25) is 4.68 Å². The summed E-state index contributed by atoms with van der Waals surface area (Å²) in [6, 6.07) is 1.92. The van der Waals surface area contributed by atoms with E-state index in [4.69, 9.17) is 9.72 Å². The molecule has 3 aromatic heterocycles. The van der Waals surface area contributed by atoms with Gasteiger partial charge in [0.05, 0.1) is 42.0 Å². The van der Waals surface area contributed by atoms with Crippen molar-refractivity contribution in [1.82, 2.24) is 29.7 Å². The summed E-state index contributed by atoms with van der Waals surface area (Å²) in [6.45, 7) is 4.58. The molecule has 0 spiro atoms. The maximum atomic E-state index is 6.16. The fourth-order valence-corrected chi connectivity index (χ4v) is 3.76. The molecule has 0 unspecified atom stereocenters. The minimum Gasteiger partial charge on any atom is -0.487 e. The maximum absolute atomic E-state index is 6.16. The zero-order valence-corrected chi connectivity index (χ0v) is 17.9. The highest BCUT2D eigenvalue weighted by atomic mass is 16.5. The molecule has 30 heavy (non-hydrogen) atoms. The van der Waals surface area contributed by atoms with Crippen LogP contribution in [0.3, 0.4) is 0 Å². The Morgan fingerprint density at radius 1 is 1.13 bits per heavy atom. The minimum atomic E-state index is 0.281. The Hall–Kier alpha value is -3.03. The monoisotopic (exact) mass is 407 g/mol. The molecule has 4 rings (SSSR count). The molecule has 8 heteroatoms. The predicted octanol–water partition coefficient (Wildman–Crippen LogP) is 3.86. The van der Waals surface area contributed by atoms with Crippen LogP contribution in [0.4, 0.5) is 5.95 Å². The zero-order valence-electron chi connectivity index (χ0n) is 17.9. The van der Waals surface area contributed by atoms with Gasteiger partial charge in [0, 0.05) is 18.9 Å². The van der Waals surface area contributed by atoms with Crippen molar-refractivity contribution in [3.63, 3.8) is 0 Å². The van der Waals surface area contributed by atoms with Crippen molar-refractivity contribution in [3.05, 3.63) is 41.7 Å². The first-order valence-electron chi connectivity index (χ1n) is 10.7. The fraction of sp³-hybridized carbons (Fsp3) is 0.500. The molecule has 1 aliphatic rings. The number of hydrogen-bond donors (Lipinski definition) is 1. The molecule has 3 heterocycles. The van der Waals surface area contributed by atoms with Crippen LogP contribution in [0.2, 0.25) is 0 Å². The third-order valence-corrected chi connectivity index (χ3v) is 5.57. The highest BCUT2D eigenvalue weighted by Crippen LogP contribution is 2.27. The predicted molar refractivity (Wildman–Crippen MR) is 115 cm³/mol. The summed E-state index contributed by atoms with van der Waals surface area (Å²) >= 11 is 0. The molecule has 1 N–H and O–H groups in total. The molecule has 0 aliphatic heterocycles. The lowest BCUT2D eigenvalue weighted by atomic mass is 9.98. The Morgan fingerprint density at radius 3 is 2.73 bits per heavy atom. The van der Waals surface area contributed by atoms with E-state index in [9.17, 15) is 0 Å². The molecule has 0 saturated heterocycles. The van der Waals surface area contributed by atoms with Gasteiger partial charge < -0.3 is 10.1 Å². The maximum Gasteiger partial charge on any atom is 0.223 e. The lowest BCUT2D eigenvalue weighted by Gasteiger charge is -2.23. The van der Waals surface area contributed by atoms with Gasteiger partial charge in [-0.25, -0.2) is 19.9 Å². The van der Waals surface area contributed by atoms with E-state index in [1.54, 1.807) is 18.6 Å². The molecule has 0 radical (unpaired) electrons. The molecular weight excluding hydrogens is 378 g/mol. The molecule has 8 nitrogen and oxygen atoms in total. The summed E-state index contributed by atoms with van der Waals surface area (Å²) in [5, 5.41) is 7.70. The number of rotatable bonds is 7. The zero-order chi connectivity index (χ0) is 20.9. The van der Waals surface area contributed by atoms with Gasteiger partial charge in [0.2, 0.25) is 5.95 Å². The topological polar surface area (TPSA) is 90.6 Å². The van der Waals surface area contributed by atoms with E-state index in [1.165, 1.54) is 19.3 Å². The quantitative estimate of drug-likeness (QED) is 0.636. The third-order valence-electron chi connectivity index (χ3n) is 5.57. The number of anilines is 1. The van der Waals surface area contributed by atoms with Crippen LogP contribution in [0, 0.1) is 6.92 Å². The molecule has 158 valence electrons. The molecule has 1 fully saturated rings. The average molecular weight is 408 g/mol. The van der Waals surface area contributed by atoms with Gasteiger partial charge in [0.15, 0.2) is 11.6 Å². The summed E-state index contributed by atoms with van der Waals surface area (Å²) < 4.78 is 8.00. The van der Waals surface area contributed by atoms with Crippen LogP contribution in [0.1, 0.15) is 56.1 Å². The molecule has 1 aliphatic carbocycles. The van der Waals surface area contributed by atoms with Crippen LogP contribution in [0.15, 0.2) is 24.7 Å². The van der Waals surface area contributed by atoms with E-state index in [0.717, 1.165) is 47.7 Å². The first-order valence-corrected chi connectivity index (χ1v) is 10.7. The van der Waals surface area contributed by atoms with E-state index >= 15 is 0 Å². The highest BCUT2D eigenvalue weighted by Gasteiger charge is 2.18. The van der Waals surface area contributed by atoms with Crippen LogP contribution in [-0.2, 0) is 20.0 Å². The van der Waals surface area contributed by atoms with E-state index in [1.807, 2.05) is 24.7 Å². The molecule has 3 aromatic rings. The van der Waals surface area contributed by atoms with E-state index in [2.05, 4.69) is 32.3 Å². The largest absolute Gasteiger partial charge is 0.487 e. The second-order valence-corrected chi connectivity index (χ2v) is 7.73. The molecule has 0 aromatic carbocycles. The van der Waals surface area contributed by atoms with Crippen molar-refractivity contribution in [2.45, 2.75) is 65.0 Å². The average Bonchev–Trinajstić information content (AvgIpc) is 3.15. The van der Waals surface area contributed by atoms with E-state index in [0.29, 0.717) is 18.3 Å². The second kappa shape index (κ2) is 9.19. The number of ether oxygens (including phenoxy) is 1. The Morgan fingerprint density at radius 2 is 1.97 bits per heavy atom. The number of aromatic nitrogens is 6. The van der Waals surface area contributed by atoms with Crippen molar-refractivity contribution in [2.24, 2.45) is 7.05 Å². The highest BCUT2D eigenvalue weighted by molar-refractivity contribution is 5.58. The van der Waals surface area contributed by atoms with Crippen LogP contribution in [0.25, 0.3) is 11.4 Å². The molecule has 0 atom stereocenters. The van der Waals surface area contributed by atoms with Gasteiger partial charge in [0.25, 0.3) is 0 Å². The third kappa shape index (κ3) is 4.58. The van der Waals surface area contributed by atoms with Gasteiger partial charge in [0.1, 0.15) is 0 Å². The van der Waals surface area contributed by atoms with Gasteiger partial charge in [-0.15, -0.1) is 0 Å². The minimum absolute atomic E-state index is 0.281. The van der Waals surface area contributed by atoms with Crippen LogP contribution >= 0.6 is 0 Å². The van der Waals surface area contributed by atoms with Crippen LogP contribution < -0.4 is 10.1 Å². The van der Waals surface area contributed by atoms with Crippen LogP contribution in [0.5, 0.6) is 5.75 Å². The Kier molecular flexibility index (Phi) is 6.21. The van der Waals surface area contributed by atoms with Crippen LogP contribution in [-0.4, -0.2) is 35.8 Å². The molecule has 0 bridgehead atoms. The summed E-state index contributed by atoms with van der Waals surface area (Å²) in [5.41, 5.74) is 3.72. The van der Waals surface area contributed by atoms with Crippen molar-refractivity contribution in [3.8, 4) is 17.1 Å². The SMILES string of the molecule is CCc1ccnc(NCc2c(-c3ncc(OC4CCCCC4)c(C)n3)cnn2C)n1. The summed E-state index contributed by atoms with van der Waals surface area (Å²) in [6.07, 6.45) is 12.5.